The highest BCUT2D eigenvalue weighted by Gasteiger charge is 2.11. The van der Waals surface area contributed by atoms with Gasteiger partial charge in [0.15, 0.2) is 0 Å². The lowest BCUT2D eigenvalue weighted by molar-refractivity contribution is 0.127. The third kappa shape index (κ3) is 6.63. The minimum atomic E-state index is -3.44. The molecule has 1 rings (SSSR count). The molecule has 0 aliphatic heterocycles. The maximum absolute atomic E-state index is 12.7. The summed E-state index contributed by atoms with van der Waals surface area (Å²) in [7, 11) is -1.66. The molecular weight excluding hydrogens is 271 g/mol. The Morgan fingerprint density at radius 1 is 1.37 bits per heavy atom. The van der Waals surface area contributed by atoms with E-state index < -0.39 is 16.1 Å². The maximum Gasteiger partial charge on any atom is 0.209 e. The molecule has 0 heterocycles. The summed E-state index contributed by atoms with van der Waals surface area (Å²) in [6, 6.07) is 5.63. The highest BCUT2D eigenvalue weighted by Crippen LogP contribution is 2.14. The van der Waals surface area contributed by atoms with Crippen molar-refractivity contribution in [1.82, 2.24) is 4.90 Å². The molecule has 108 valence electrons. The van der Waals surface area contributed by atoms with Crippen molar-refractivity contribution in [3.05, 3.63) is 35.6 Å². The number of benzene rings is 1. The van der Waals surface area contributed by atoms with E-state index in [9.17, 15) is 17.9 Å². The normalized spacial score (nSPS) is 13.7. The first-order valence-electron chi connectivity index (χ1n) is 5.90. The Labute approximate surface area is 112 Å². The number of halogens is 1. The van der Waals surface area contributed by atoms with Gasteiger partial charge in [0, 0.05) is 6.54 Å². The predicted molar refractivity (Wildman–Crippen MR) is 71.4 cm³/mol. The van der Waals surface area contributed by atoms with Gasteiger partial charge in [-0.15, -0.1) is 0 Å². The number of nitrogens with zero attached hydrogens (tertiary/aromatic N) is 1. The smallest absolute Gasteiger partial charge is 0.209 e. The van der Waals surface area contributed by atoms with Crippen LogP contribution in [0.15, 0.2) is 24.3 Å². The molecule has 0 saturated heterocycles. The van der Waals surface area contributed by atoms with Gasteiger partial charge in [-0.25, -0.2) is 17.9 Å². The maximum atomic E-state index is 12.7. The molecule has 0 aliphatic carbocycles. The fourth-order valence-electron chi connectivity index (χ4n) is 1.71. The van der Waals surface area contributed by atoms with Gasteiger partial charge in [0.1, 0.15) is 5.82 Å². The monoisotopic (exact) mass is 290 g/mol. The Morgan fingerprint density at radius 3 is 2.47 bits per heavy atom. The number of sulfonamides is 1. The van der Waals surface area contributed by atoms with Crippen molar-refractivity contribution in [1.29, 1.82) is 0 Å². The first kappa shape index (κ1) is 16.0. The second-order valence-corrected chi connectivity index (χ2v) is 6.28. The Morgan fingerprint density at radius 2 is 1.95 bits per heavy atom. The van der Waals surface area contributed by atoms with E-state index in [0.717, 1.165) is 0 Å². The van der Waals surface area contributed by atoms with E-state index in [0.29, 0.717) is 25.1 Å². The standard InChI is InChI=1S/C12H19FN2O3S/c1-15(7-2-8-19(14,17)18)9-12(16)10-3-5-11(13)6-4-10/h3-6,12,16H,2,7-9H2,1H3,(H2,14,17,18). The Bertz CT molecular complexity index is 490. The second-order valence-electron chi connectivity index (χ2n) is 4.55. The SMILES string of the molecule is CN(CCCS(N)(=O)=O)CC(O)c1ccc(F)cc1. The highest BCUT2D eigenvalue weighted by atomic mass is 32.2. The molecular formula is C12H19FN2O3S. The van der Waals surface area contributed by atoms with E-state index in [1.165, 1.54) is 24.3 Å². The lowest BCUT2D eigenvalue weighted by Gasteiger charge is -2.20. The lowest BCUT2D eigenvalue weighted by Crippen LogP contribution is -2.28. The largest absolute Gasteiger partial charge is 0.387 e. The van der Waals surface area contributed by atoms with Gasteiger partial charge in [-0.1, -0.05) is 12.1 Å². The van der Waals surface area contributed by atoms with Gasteiger partial charge in [0.2, 0.25) is 10.0 Å². The molecule has 1 atom stereocenters. The molecule has 1 unspecified atom stereocenters. The second kappa shape index (κ2) is 6.95. The van der Waals surface area contributed by atoms with E-state index in [-0.39, 0.29) is 11.6 Å². The third-order valence-electron chi connectivity index (χ3n) is 2.71. The first-order valence-corrected chi connectivity index (χ1v) is 7.62. The summed E-state index contributed by atoms with van der Waals surface area (Å²) in [5, 5.41) is 14.8. The lowest BCUT2D eigenvalue weighted by atomic mass is 10.1. The molecule has 0 bridgehead atoms. The molecule has 0 amide bonds. The number of aliphatic hydroxyl groups is 1. The predicted octanol–water partition coefficient (Wildman–Crippen LogP) is 0.470. The van der Waals surface area contributed by atoms with Crippen molar-refractivity contribution in [3.63, 3.8) is 0 Å². The van der Waals surface area contributed by atoms with Crippen LogP contribution < -0.4 is 5.14 Å². The minimum absolute atomic E-state index is 0.0794. The summed E-state index contributed by atoms with van der Waals surface area (Å²) in [4.78, 5) is 1.80. The van der Waals surface area contributed by atoms with Gasteiger partial charge in [-0.05, 0) is 37.7 Å². The molecule has 1 aromatic rings. The zero-order valence-electron chi connectivity index (χ0n) is 10.8. The molecule has 0 aromatic heterocycles. The van der Waals surface area contributed by atoms with Crippen LogP contribution in [-0.4, -0.2) is 44.3 Å². The van der Waals surface area contributed by atoms with Crippen LogP contribution in [0.25, 0.3) is 0 Å². The molecule has 0 aliphatic rings. The summed E-state index contributed by atoms with van der Waals surface area (Å²) < 4.78 is 34.3. The number of aliphatic hydroxyl groups excluding tert-OH is 1. The van der Waals surface area contributed by atoms with Crippen LogP contribution in [0.1, 0.15) is 18.1 Å². The third-order valence-corrected chi connectivity index (χ3v) is 3.57. The van der Waals surface area contributed by atoms with E-state index in [1.54, 1.807) is 11.9 Å². The van der Waals surface area contributed by atoms with Crippen molar-refractivity contribution in [3.8, 4) is 0 Å². The van der Waals surface area contributed by atoms with Gasteiger partial charge in [-0.2, -0.15) is 0 Å². The van der Waals surface area contributed by atoms with Crippen LogP contribution in [-0.2, 0) is 10.0 Å². The number of hydrogen-bond donors (Lipinski definition) is 2. The molecule has 7 heteroatoms. The molecule has 3 N–H and O–H groups in total. The van der Waals surface area contributed by atoms with Gasteiger partial charge in [0.25, 0.3) is 0 Å². The Balaban J connectivity index is 2.39. The summed E-state index contributed by atoms with van der Waals surface area (Å²) in [6.45, 7) is 0.852. The molecule has 0 saturated carbocycles. The molecule has 0 fully saturated rings. The van der Waals surface area contributed by atoms with Crippen molar-refractivity contribution in [2.24, 2.45) is 5.14 Å². The van der Waals surface area contributed by atoms with E-state index in [1.807, 2.05) is 0 Å². The zero-order chi connectivity index (χ0) is 14.5. The fraction of sp³-hybridized carbons (Fsp3) is 0.500. The molecule has 0 spiro atoms. The van der Waals surface area contributed by atoms with Crippen molar-refractivity contribution in [2.45, 2.75) is 12.5 Å². The number of nitrogens with two attached hydrogens (primary N) is 1. The number of primary sulfonamides is 1. The van der Waals surface area contributed by atoms with Crippen LogP contribution in [0.5, 0.6) is 0 Å². The van der Waals surface area contributed by atoms with E-state index in [2.05, 4.69) is 0 Å². The first-order chi connectivity index (χ1) is 8.78. The molecule has 19 heavy (non-hydrogen) atoms. The van der Waals surface area contributed by atoms with Crippen molar-refractivity contribution in [2.75, 3.05) is 25.9 Å². The average molecular weight is 290 g/mol. The molecule has 0 radical (unpaired) electrons. The van der Waals surface area contributed by atoms with Crippen molar-refractivity contribution >= 4 is 10.0 Å². The average Bonchev–Trinajstić information content (AvgIpc) is 2.27. The number of likely N-dealkylation sites (N-methyl/N-ethyl adjacent to an activating group) is 1. The Kier molecular flexibility index (Phi) is 5.86. The van der Waals surface area contributed by atoms with E-state index in [4.69, 9.17) is 5.14 Å². The van der Waals surface area contributed by atoms with Gasteiger partial charge >= 0.3 is 0 Å². The van der Waals surface area contributed by atoms with Crippen LogP contribution in [0.2, 0.25) is 0 Å². The van der Waals surface area contributed by atoms with Crippen molar-refractivity contribution < 1.29 is 17.9 Å². The minimum Gasteiger partial charge on any atom is -0.387 e. The Hall–Kier alpha value is -1.02. The highest BCUT2D eigenvalue weighted by molar-refractivity contribution is 7.89. The van der Waals surface area contributed by atoms with Crippen LogP contribution in [0.3, 0.4) is 0 Å². The van der Waals surface area contributed by atoms with Gasteiger partial charge in [-0.3, -0.25) is 0 Å². The van der Waals surface area contributed by atoms with E-state index >= 15 is 0 Å². The number of rotatable bonds is 7. The van der Waals surface area contributed by atoms with Gasteiger partial charge < -0.3 is 10.0 Å². The van der Waals surface area contributed by atoms with Crippen LogP contribution >= 0.6 is 0 Å². The number of hydrogen-bond acceptors (Lipinski definition) is 4. The quantitative estimate of drug-likeness (QED) is 0.764. The summed E-state index contributed by atoms with van der Waals surface area (Å²) in [6.07, 6.45) is -0.328. The van der Waals surface area contributed by atoms with Crippen LogP contribution in [0, 0.1) is 5.82 Å². The zero-order valence-corrected chi connectivity index (χ0v) is 11.6. The topological polar surface area (TPSA) is 83.6 Å². The van der Waals surface area contributed by atoms with Gasteiger partial charge in [0.05, 0.1) is 11.9 Å². The molecule has 5 nitrogen and oxygen atoms in total. The molecule has 1 aromatic carbocycles. The summed E-state index contributed by atoms with van der Waals surface area (Å²) >= 11 is 0. The summed E-state index contributed by atoms with van der Waals surface area (Å²) in [5.41, 5.74) is 0.625. The summed E-state index contributed by atoms with van der Waals surface area (Å²) in [5.74, 6) is -0.429. The fourth-order valence-corrected chi connectivity index (χ4v) is 2.24. The van der Waals surface area contributed by atoms with Crippen LogP contribution in [0.4, 0.5) is 4.39 Å².